The van der Waals surface area contributed by atoms with Crippen molar-refractivity contribution >= 4 is 11.3 Å². The van der Waals surface area contributed by atoms with E-state index in [1.807, 2.05) is 17.5 Å². The Labute approximate surface area is 102 Å². The summed E-state index contributed by atoms with van der Waals surface area (Å²) in [5, 5.41) is 15.5. The molecule has 1 aromatic rings. The van der Waals surface area contributed by atoms with Gasteiger partial charge in [-0.05, 0) is 24.3 Å². The third-order valence-corrected chi connectivity index (χ3v) is 4.30. The number of aliphatic hydroxyl groups excluding tert-OH is 1. The van der Waals surface area contributed by atoms with E-state index >= 15 is 0 Å². The quantitative estimate of drug-likeness (QED) is 0.791. The highest BCUT2D eigenvalue weighted by molar-refractivity contribution is 7.10. The summed E-state index contributed by atoms with van der Waals surface area (Å²) in [5.74, 6) is 0. The summed E-state index contributed by atoms with van der Waals surface area (Å²) in [6.07, 6.45) is 7.66. The monoisotopic (exact) mass is 239 g/mol. The number of nitrogens with one attached hydrogen (secondary N) is 1. The molecule has 1 atom stereocenters. The Morgan fingerprint density at radius 2 is 2.06 bits per heavy atom. The average Bonchev–Trinajstić information content (AvgIpc) is 2.71. The van der Waals surface area contributed by atoms with E-state index in [1.54, 1.807) is 11.3 Å². The molecule has 2 rings (SSSR count). The molecule has 3 heteroatoms. The largest absolute Gasteiger partial charge is 0.386 e. The summed E-state index contributed by atoms with van der Waals surface area (Å²) >= 11 is 1.63. The fraction of sp³-hybridized carbons (Fsp3) is 0.692. The highest BCUT2D eigenvalue weighted by atomic mass is 32.1. The Kier molecular flexibility index (Phi) is 4.82. The van der Waals surface area contributed by atoms with Crippen molar-refractivity contribution in [2.45, 2.75) is 50.7 Å². The first kappa shape index (κ1) is 12.1. The second-order valence-electron chi connectivity index (χ2n) is 4.63. The van der Waals surface area contributed by atoms with Crippen molar-refractivity contribution in [3.63, 3.8) is 0 Å². The van der Waals surface area contributed by atoms with Gasteiger partial charge in [0.05, 0.1) is 0 Å². The number of rotatable bonds is 4. The minimum atomic E-state index is -0.330. The van der Waals surface area contributed by atoms with E-state index in [0.29, 0.717) is 12.6 Å². The van der Waals surface area contributed by atoms with Crippen LogP contribution in [0.25, 0.3) is 0 Å². The van der Waals surface area contributed by atoms with Crippen LogP contribution in [-0.2, 0) is 0 Å². The smallest absolute Gasteiger partial charge is 0.101 e. The molecule has 0 aromatic carbocycles. The molecule has 1 aromatic heterocycles. The Bertz CT molecular complexity index is 278. The summed E-state index contributed by atoms with van der Waals surface area (Å²) in [5.41, 5.74) is 0. The molecule has 1 aliphatic carbocycles. The second-order valence-corrected chi connectivity index (χ2v) is 5.61. The van der Waals surface area contributed by atoms with Crippen LogP contribution in [0.3, 0.4) is 0 Å². The molecule has 16 heavy (non-hydrogen) atoms. The van der Waals surface area contributed by atoms with E-state index < -0.39 is 0 Å². The topological polar surface area (TPSA) is 32.3 Å². The maximum absolute atomic E-state index is 9.96. The third-order valence-electron chi connectivity index (χ3n) is 3.33. The van der Waals surface area contributed by atoms with Crippen LogP contribution in [0.5, 0.6) is 0 Å². The van der Waals surface area contributed by atoms with Gasteiger partial charge in [0.25, 0.3) is 0 Å². The minimum Gasteiger partial charge on any atom is -0.386 e. The van der Waals surface area contributed by atoms with Crippen molar-refractivity contribution < 1.29 is 5.11 Å². The normalized spacial score (nSPS) is 20.6. The highest BCUT2D eigenvalue weighted by Crippen LogP contribution is 2.20. The summed E-state index contributed by atoms with van der Waals surface area (Å²) < 4.78 is 0. The Morgan fingerprint density at radius 3 is 2.69 bits per heavy atom. The number of aliphatic hydroxyl groups is 1. The standard InChI is InChI=1S/C13H21NOS/c15-12(13-8-5-9-16-13)10-14-11-6-3-1-2-4-7-11/h5,8-9,11-12,14-15H,1-4,6-7,10H2. The van der Waals surface area contributed by atoms with Crippen molar-refractivity contribution in [2.24, 2.45) is 0 Å². The van der Waals surface area contributed by atoms with Crippen LogP contribution in [0.1, 0.15) is 49.5 Å². The van der Waals surface area contributed by atoms with E-state index in [0.717, 1.165) is 4.88 Å². The minimum absolute atomic E-state index is 0.330. The van der Waals surface area contributed by atoms with Crippen LogP contribution in [0.4, 0.5) is 0 Å². The van der Waals surface area contributed by atoms with E-state index in [2.05, 4.69) is 5.32 Å². The van der Waals surface area contributed by atoms with Crippen LogP contribution >= 0.6 is 11.3 Å². The second kappa shape index (κ2) is 6.38. The van der Waals surface area contributed by atoms with Crippen molar-refractivity contribution in [1.82, 2.24) is 5.32 Å². The van der Waals surface area contributed by atoms with Gasteiger partial charge in [0.2, 0.25) is 0 Å². The molecule has 2 nitrogen and oxygen atoms in total. The summed E-state index contributed by atoms with van der Waals surface area (Å²) in [6, 6.07) is 4.62. The van der Waals surface area contributed by atoms with Gasteiger partial charge in [-0.15, -0.1) is 11.3 Å². The van der Waals surface area contributed by atoms with Crippen LogP contribution in [-0.4, -0.2) is 17.7 Å². The fourth-order valence-corrected chi connectivity index (χ4v) is 3.06. The van der Waals surface area contributed by atoms with Gasteiger partial charge in [-0.25, -0.2) is 0 Å². The van der Waals surface area contributed by atoms with Gasteiger partial charge in [-0.3, -0.25) is 0 Å². The van der Waals surface area contributed by atoms with Gasteiger partial charge >= 0.3 is 0 Å². The van der Waals surface area contributed by atoms with Crippen LogP contribution < -0.4 is 5.32 Å². The molecular formula is C13H21NOS. The van der Waals surface area contributed by atoms with Gasteiger partial charge in [0, 0.05) is 17.5 Å². The first-order chi connectivity index (χ1) is 7.86. The molecule has 0 bridgehead atoms. The predicted octanol–water partition coefficient (Wildman–Crippen LogP) is 3.09. The molecule has 0 saturated heterocycles. The van der Waals surface area contributed by atoms with Gasteiger partial charge in [0.1, 0.15) is 6.10 Å². The van der Waals surface area contributed by atoms with Crippen molar-refractivity contribution in [1.29, 1.82) is 0 Å². The fourth-order valence-electron chi connectivity index (χ4n) is 2.34. The molecule has 0 spiro atoms. The Balaban J connectivity index is 1.73. The summed E-state index contributed by atoms with van der Waals surface area (Å²) in [7, 11) is 0. The number of hydrogen-bond acceptors (Lipinski definition) is 3. The maximum Gasteiger partial charge on any atom is 0.101 e. The predicted molar refractivity (Wildman–Crippen MR) is 68.8 cm³/mol. The maximum atomic E-state index is 9.96. The summed E-state index contributed by atoms with van der Waals surface area (Å²) in [4.78, 5) is 1.07. The lowest BCUT2D eigenvalue weighted by molar-refractivity contribution is 0.172. The van der Waals surface area contributed by atoms with E-state index in [1.165, 1.54) is 38.5 Å². The lowest BCUT2D eigenvalue weighted by Crippen LogP contribution is -2.32. The Morgan fingerprint density at radius 1 is 1.31 bits per heavy atom. The molecule has 0 aliphatic heterocycles. The van der Waals surface area contributed by atoms with Crippen molar-refractivity contribution in [3.8, 4) is 0 Å². The molecule has 1 saturated carbocycles. The molecule has 90 valence electrons. The number of thiophene rings is 1. The Hall–Kier alpha value is -0.380. The zero-order valence-corrected chi connectivity index (χ0v) is 10.5. The van der Waals surface area contributed by atoms with E-state index in [9.17, 15) is 5.11 Å². The molecular weight excluding hydrogens is 218 g/mol. The molecule has 1 fully saturated rings. The lowest BCUT2D eigenvalue weighted by atomic mass is 10.1. The molecule has 1 unspecified atom stereocenters. The third kappa shape index (κ3) is 3.58. The van der Waals surface area contributed by atoms with Crippen molar-refractivity contribution in [3.05, 3.63) is 22.4 Å². The highest BCUT2D eigenvalue weighted by Gasteiger charge is 2.14. The molecule has 1 heterocycles. The van der Waals surface area contributed by atoms with Gasteiger partial charge in [-0.2, -0.15) is 0 Å². The lowest BCUT2D eigenvalue weighted by Gasteiger charge is -2.18. The first-order valence-electron chi connectivity index (χ1n) is 6.31. The number of hydrogen-bond donors (Lipinski definition) is 2. The molecule has 0 amide bonds. The average molecular weight is 239 g/mol. The van der Waals surface area contributed by atoms with Gasteiger partial charge < -0.3 is 10.4 Å². The van der Waals surface area contributed by atoms with Crippen LogP contribution in [0.15, 0.2) is 17.5 Å². The van der Waals surface area contributed by atoms with E-state index in [4.69, 9.17) is 0 Å². The molecule has 0 radical (unpaired) electrons. The van der Waals surface area contributed by atoms with E-state index in [-0.39, 0.29) is 6.10 Å². The van der Waals surface area contributed by atoms with Crippen LogP contribution in [0.2, 0.25) is 0 Å². The van der Waals surface area contributed by atoms with Gasteiger partial charge in [0.15, 0.2) is 0 Å². The molecule has 1 aliphatic rings. The summed E-state index contributed by atoms with van der Waals surface area (Å²) in [6.45, 7) is 0.700. The van der Waals surface area contributed by atoms with Gasteiger partial charge in [-0.1, -0.05) is 31.7 Å². The SMILES string of the molecule is OC(CNC1CCCCCC1)c1cccs1. The molecule has 2 N–H and O–H groups in total. The van der Waals surface area contributed by atoms with Crippen LogP contribution in [0, 0.1) is 0 Å². The zero-order valence-electron chi connectivity index (χ0n) is 9.69. The van der Waals surface area contributed by atoms with Crippen molar-refractivity contribution in [2.75, 3.05) is 6.54 Å². The first-order valence-corrected chi connectivity index (χ1v) is 7.19. The zero-order chi connectivity index (χ0) is 11.2.